The molecule has 0 bridgehead atoms. The lowest BCUT2D eigenvalue weighted by Gasteiger charge is -2.14. The van der Waals surface area contributed by atoms with Gasteiger partial charge in [0.25, 0.3) is 0 Å². The van der Waals surface area contributed by atoms with Gasteiger partial charge in [0.2, 0.25) is 0 Å². The van der Waals surface area contributed by atoms with Crippen molar-refractivity contribution in [2.45, 2.75) is 26.4 Å². The van der Waals surface area contributed by atoms with E-state index in [4.69, 9.17) is 39.5 Å². The summed E-state index contributed by atoms with van der Waals surface area (Å²) in [5, 5.41) is 4.45. The highest BCUT2D eigenvalue weighted by Gasteiger charge is 2.06. The first kappa shape index (κ1) is 15.6. The molecular formula is C13H16Cl3NO. The maximum absolute atomic E-state index is 5.98. The van der Waals surface area contributed by atoms with Crippen LogP contribution in [0.3, 0.4) is 0 Å². The van der Waals surface area contributed by atoms with Crippen molar-refractivity contribution in [2.24, 2.45) is 0 Å². The molecule has 0 radical (unpaired) electrons. The Balaban J connectivity index is 2.76. The van der Waals surface area contributed by atoms with Crippen molar-refractivity contribution < 1.29 is 4.74 Å². The molecule has 0 atom stereocenters. The topological polar surface area (TPSA) is 21.3 Å². The number of benzene rings is 1. The van der Waals surface area contributed by atoms with Crippen molar-refractivity contribution in [2.75, 3.05) is 6.61 Å². The molecule has 0 aliphatic carbocycles. The minimum absolute atomic E-state index is 0.251. The van der Waals surface area contributed by atoms with Gasteiger partial charge < -0.3 is 10.1 Å². The van der Waals surface area contributed by atoms with E-state index in [0.717, 1.165) is 11.3 Å². The minimum Gasteiger partial charge on any atom is -0.488 e. The van der Waals surface area contributed by atoms with Crippen LogP contribution in [0, 0.1) is 0 Å². The Morgan fingerprint density at radius 3 is 2.78 bits per heavy atom. The first-order chi connectivity index (χ1) is 8.52. The average Bonchev–Trinajstić information content (AvgIpc) is 2.34. The monoisotopic (exact) mass is 307 g/mol. The Morgan fingerprint density at radius 2 is 2.17 bits per heavy atom. The van der Waals surface area contributed by atoms with Gasteiger partial charge in [-0.05, 0) is 18.2 Å². The number of rotatable bonds is 6. The fourth-order valence-corrected chi connectivity index (χ4v) is 1.63. The summed E-state index contributed by atoms with van der Waals surface area (Å²) in [5.74, 6) is 0.754. The lowest BCUT2D eigenvalue weighted by atomic mass is 10.2. The van der Waals surface area contributed by atoms with Crippen LogP contribution in [0.25, 0.3) is 0 Å². The number of halogens is 3. The fraction of sp³-hybridized carbons (Fsp3) is 0.385. The van der Waals surface area contributed by atoms with Crippen molar-refractivity contribution in [3.8, 4) is 5.75 Å². The van der Waals surface area contributed by atoms with E-state index in [-0.39, 0.29) is 6.61 Å². The summed E-state index contributed by atoms with van der Waals surface area (Å²) in [5.41, 5.74) is 2.29. The molecule has 100 valence electrons. The summed E-state index contributed by atoms with van der Waals surface area (Å²) >= 11 is 17.2. The van der Waals surface area contributed by atoms with Crippen LogP contribution in [-0.2, 0) is 6.54 Å². The quantitative estimate of drug-likeness (QED) is 0.833. The van der Waals surface area contributed by atoms with Gasteiger partial charge in [-0.2, -0.15) is 0 Å². The van der Waals surface area contributed by atoms with Crippen LogP contribution in [0.1, 0.15) is 19.4 Å². The highest BCUT2D eigenvalue weighted by atomic mass is 35.5. The number of hydrogen-bond acceptors (Lipinski definition) is 2. The predicted octanol–water partition coefficient (Wildman–Crippen LogP) is 4.54. The van der Waals surface area contributed by atoms with Gasteiger partial charge in [0.1, 0.15) is 12.4 Å². The van der Waals surface area contributed by atoms with E-state index < -0.39 is 0 Å². The average molecular weight is 309 g/mol. The van der Waals surface area contributed by atoms with Gasteiger partial charge in [-0.15, -0.1) is 0 Å². The van der Waals surface area contributed by atoms with E-state index in [1.807, 2.05) is 12.1 Å². The summed E-state index contributed by atoms with van der Waals surface area (Å²) in [4.78, 5) is 0. The summed E-state index contributed by atoms with van der Waals surface area (Å²) in [6.45, 7) is 5.10. The molecule has 0 aliphatic rings. The molecular weight excluding hydrogens is 293 g/mol. The van der Waals surface area contributed by atoms with E-state index in [1.165, 1.54) is 5.54 Å². The zero-order valence-corrected chi connectivity index (χ0v) is 12.6. The smallest absolute Gasteiger partial charge is 0.125 e. The molecule has 0 unspecified atom stereocenters. The molecule has 0 saturated heterocycles. The van der Waals surface area contributed by atoms with Gasteiger partial charge in [0, 0.05) is 28.7 Å². The zero-order valence-electron chi connectivity index (χ0n) is 10.3. The SMILES string of the molecule is CC(C)NCc1cc(Cl)ccc1OCC(Cl)=CCl. The Bertz CT molecular complexity index is 419. The van der Waals surface area contributed by atoms with Gasteiger partial charge in [0.15, 0.2) is 0 Å². The molecule has 1 aromatic carbocycles. The van der Waals surface area contributed by atoms with Gasteiger partial charge in [0.05, 0.1) is 5.03 Å². The first-order valence-electron chi connectivity index (χ1n) is 5.62. The summed E-state index contributed by atoms with van der Waals surface area (Å²) < 4.78 is 5.59. The van der Waals surface area contributed by atoms with Crippen LogP contribution in [0.5, 0.6) is 5.75 Å². The second-order valence-electron chi connectivity index (χ2n) is 4.13. The predicted molar refractivity (Wildman–Crippen MR) is 78.7 cm³/mol. The van der Waals surface area contributed by atoms with Gasteiger partial charge in [-0.1, -0.05) is 48.7 Å². The fourth-order valence-electron chi connectivity index (χ4n) is 1.32. The van der Waals surface area contributed by atoms with Crippen molar-refractivity contribution in [1.82, 2.24) is 5.32 Å². The van der Waals surface area contributed by atoms with E-state index in [9.17, 15) is 0 Å². The standard InChI is InChI=1S/C13H16Cl3NO/c1-9(2)17-7-10-5-11(15)3-4-13(10)18-8-12(16)6-14/h3-6,9,17H,7-8H2,1-2H3. The van der Waals surface area contributed by atoms with Gasteiger partial charge in [-0.3, -0.25) is 0 Å². The zero-order chi connectivity index (χ0) is 13.5. The molecule has 0 spiro atoms. The maximum atomic E-state index is 5.98. The molecule has 0 amide bonds. The van der Waals surface area contributed by atoms with Crippen LogP contribution in [0.4, 0.5) is 0 Å². The van der Waals surface area contributed by atoms with Crippen LogP contribution >= 0.6 is 34.8 Å². The van der Waals surface area contributed by atoms with Crippen LogP contribution < -0.4 is 10.1 Å². The van der Waals surface area contributed by atoms with E-state index in [2.05, 4.69) is 19.2 Å². The van der Waals surface area contributed by atoms with Crippen LogP contribution in [-0.4, -0.2) is 12.6 Å². The molecule has 0 fully saturated rings. The minimum atomic E-state index is 0.251. The van der Waals surface area contributed by atoms with Crippen LogP contribution in [0.15, 0.2) is 28.8 Å². The van der Waals surface area contributed by atoms with E-state index in [0.29, 0.717) is 22.6 Å². The lowest BCUT2D eigenvalue weighted by Crippen LogP contribution is -2.22. The van der Waals surface area contributed by atoms with Gasteiger partial charge >= 0.3 is 0 Å². The molecule has 2 nitrogen and oxygen atoms in total. The normalized spacial score (nSPS) is 12.0. The Hall–Kier alpha value is -0.410. The summed E-state index contributed by atoms with van der Waals surface area (Å²) in [7, 11) is 0. The van der Waals surface area contributed by atoms with Crippen LogP contribution in [0.2, 0.25) is 5.02 Å². The third-order valence-electron chi connectivity index (χ3n) is 2.21. The largest absolute Gasteiger partial charge is 0.488 e. The Kier molecular flexibility index (Phi) is 6.87. The molecule has 5 heteroatoms. The first-order valence-corrected chi connectivity index (χ1v) is 6.81. The number of ether oxygens (including phenoxy) is 1. The van der Waals surface area contributed by atoms with Crippen molar-refractivity contribution >= 4 is 34.8 Å². The Morgan fingerprint density at radius 1 is 1.44 bits per heavy atom. The second-order valence-corrected chi connectivity index (χ2v) is 5.27. The van der Waals surface area contributed by atoms with Crippen molar-refractivity contribution in [3.05, 3.63) is 39.4 Å². The molecule has 1 N–H and O–H groups in total. The second kappa shape index (κ2) is 7.90. The lowest BCUT2D eigenvalue weighted by molar-refractivity contribution is 0.353. The summed E-state index contributed by atoms with van der Waals surface area (Å²) in [6, 6.07) is 5.89. The number of nitrogens with one attached hydrogen (secondary N) is 1. The third kappa shape index (κ3) is 5.49. The highest BCUT2D eigenvalue weighted by molar-refractivity contribution is 6.36. The van der Waals surface area contributed by atoms with E-state index >= 15 is 0 Å². The molecule has 0 aromatic heterocycles. The van der Waals surface area contributed by atoms with Gasteiger partial charge in [-0.25, -0.2) is 0 Å². The molecule has 1 aromatic rings. The van der Waals surface area contributed by atoms with Crippen molar-refractivity contribution in [1.29, 1.82) is 0 Å². The Labute approximate surface area is 123 Å². The summed E-state index contributed by atoms with van der Waals surface area (Å²) in [6.07, 6.45) is 0. The third-order valence-corrected chi connectivity index (χ3v) is 3.04. The highest BCUT2D eigenvalue weighted by Crippen LogP contribution is 2.24. The molecule has 1 rings (SSSR count). The maximum Gasteiger partial charge on any atom is 0.125 e. The molecule has 18 heavy (non-hydrogen) atoms. The van der Waals surface area contributed by atoms with E-state index in [1.54, 1.807) is 6.07 Å². The number of hydrogen-bond donors (Lipinski definition) is 1. The van der Waals surface area contributed by atoms with Crippen molar-refractivity contribution in [3.63, 3.8) is 0 Å². The molecule has 0 aliphatic heterocycles. The molecule has 0 heterocycles. The molecule has 0 saturated carbocycles.